The van der Waals surface area contributed by atoms with E-state index in [1.54, 1.807) is 28.9 Å². The molecule has 2 heterocycles. The third kappa shape index (κ3) is 3.08. The van der Waals surface area contributed by atoms with Gasteiger partial charge >= 0.3 is 0 Å². The van der Waals surface area contributed by atoms with Gasteiger partial charge in [-0.05, 0) is 17.7 Å². The molecule has 2 aromatic rings. The quantitative estimate of drug-likeness (QED) is 0.936. The van der Waals surface area contributed by atoms with Crippen molar-refractivity contribution >= 4 is 17.5 Å². The lowest BCUT2D eigenvalue weighted by Gasteiger charge is -2.28. The van der Waals surface area contributed by atoms with Gasteiger partial charge in [-0.15, -0.1) is 0 Å². The van der Waals surface area contributed by atoms with E-state index in [1.807, 2.05) is 13.2 Å². The maximum Gasteiger partial charge on any atom is 0.230 e. The summed E-state index contributed by atoms with van der Waals surface area (Å²) in [5, 5.41) is 6.69. The Hall–Kier alpha value is -2.70. The highest BCUT2D eigenvalue weighted by molar-refractivity contribution is 6.01. The number of hydrogen-bond donors (Lipinski definition) is 1. The summed E-state index contributed by atoms with van der Waals surface area (Å²) in [5.74, 6) is -1.49. The molecule has 0 saturated carbocycles. The van der Waals surface area contributed by atoms with Crippen LogP contribution in [0.4, 0.5) is 10.1 Å². The van der Waals surface area contributed by atoms with Gasteiger partial charge in [0, 0.05) is 44.5 Å². The third-order valence-corrected chi connectivity index (χ3v) is 3.91. The highest BCUT2D eigenvalue weighted by Crippen LogP contribution is 2.34. The van der Waals surface area contributed by atoms with Crippen LogP contribution < -0.4 is 5.32 Å². The lowest BCUT2D eigenvalue weighted by molar-refractivity contribution is -0.134. The van der Waals surface area contributed by atoms with E-state index in [2.05, 4.69) is 10.4 Å². The molecule has 0 aliphatic carbocycles. The minimum absolute atomic E-state index is 0.0643. The predicted octanol–water partition coefficient (Wildman–Crippen LogP) is 1.64. The van der Waals surface area contributed by atoms with Crippen LogP contribution in [0.25, 0.3) is 0 Å². The Bertz CT molecular complexity index is 771. The average molecular weight is 316 g/mol. The lowest BCUT2D eigenvalue weighted by atomic mass is 9.89. The first-order valence-electron chi connectivity index (χ1n) is 7.26. The summed E-state index contributed by atoms with van der Waals surface area (Å²) in [6.45, 7) is 0.404. The van der Waals surface area contributed by atoms with E-state index >= 15 is 0 Å². The summed E-state index contributed by atoms with van der Waals surface area (Å²) in [6.07, 6.45) is 3.59. The van der Waals surface area contributed by atoms with Crippen LogP contribution in [0.3, 0.4) is 0 Å². The highest BCUT2D eigenvalue weighted by Gasteiger charge is 2.32. The molecule has 6 nitrogen and oxygen atoms in total. The molecule has 0 bridgehead atoms. The number of amides is 2. The standard InChI is InChI=1S/C16H17FN4O2/c1-20(8-10-7-18-21(2)9-10)16(23)13-6-15(22)19-14-5-11(17)3-4-12(13)14/h3-5,7,9,13H,6,8H2,1-2H3,(H,19,22)/t13-/m1/s1. The summed E-state index contributed by atoms with van der Waals surface area (Å²) in [6, 6.07) is 4.11. The minimum Gasteiger partial charge on any atom is -0.341 e. The lowest BCUT2D eigenvalue weighted by Crippen LogP contribution is -2.36. The number of nitrogens with zero attached hydrogens (tertiary/aromatic N) is 3. The van der Waals surface area contributed by atoms with E-state index in [9.17, 15) is 14.0 Å². The molecule has 1 aromatic heterocycles. The first-order valence-corrected chi connectivity index (χ1v) is 7.26. The van der Waals surface area contributed by atoms with Crippen LogP contribution in [0.5, 0.6) is 0 Å². The maximum absolute atomic E-state index is 13.3. The van der Waals surface area contributed by atoms with Crippen LogP contribution in [0.15, 0.2) is 30.6 Å². The monoisotopic (exact) mass is 316 g/mol. The van der Waals surface area contributed by atoms with Gasteiger partial charge in [-0.1, -0.05) is 6.07 Å². The minimum atomic E-state index is -0.596. The fourth-order valence-electron chi connectivity index (χ4n) is 2.83. The highest BCUT2D eigenvalue weighted by atomic mass is 19.1. The second-order valence-electron chi connectivity index (χ2n) is 5.75. The Morgan fingerprint density at radius 3 is 3.00 bits per heavy atom. The van der Waals surface area contributed by atoms with Crippen molar-refractivity contribution in [3.8, 4) is 0 Å². The first-order chi connectivity index (χ1) is 10.9. The molecule has 1 aliphatic heterocycles. The molecule has 0 fully saturated rings. The molecule has 1 aliphatic rings. The first kappa shape index (κ1) is 15.2. The molecule has 3 rings (SSSR count). The number of carbonyl (C=O) groups is 2. The summed E-state index contributed by atoms with van der Waals surface area (Å²) in [5.41, 5.74) is 1.92. The van der Waals surface area contributed by atoms with Crippen LogP contribution in [-0.2, 0) is 23.2 Å². The Kier molecular flexibility index (Phi) is 3.85. The summed E-state index contributed by atoms with van der Waals surface area (Å²) in [4.78, 5) is 26.1. The maximum atomic E-state index is 13.3. The van der Waals surface area contributed by atoms with Crippen molar-refractivity contribution in [2.45, 2.75) is 18.9 Å². The number of aromatic nitrogens is 2. The topological polar surface area (TPSA) is 67.2 Å². The summed E-state index contributed by atoms with van der Waals surface area (Å²) >= 11 is 0. The number of benzene rings is 1. The molecular weight excluding hydrogens is 299 g/mol. The number of nitrogens with one attached hydrogen (secondary N) is 1. The van der Waals surface area contributed by atoms with E-state index in [0.29, 0.717) is 17.8 Å². The fourth-order valence-corrected chi connectivity index (χ4v) is 2.83. The zero-order valence-corrected chi connectivity index (χ0v) is 12.9. The average Bonchev–Trinajstić information content (AvgIpc) is 2.90. The van der Waals surface area contributed by atoms with Crippen LogP contribution >= 0.6 is 0 Å². The van der Waals surface area contributed by atoms with Gasteiger partial charge in [-0.25, -0.2) is 4.39 Å². The van der Waals surface area contributed by atoms with E-state index in [4.69, 9.17) is 0 Å². The molecule has 1 atom stereocenters. The fraction of sp³-hybridized carbons (Fsp3) is 0.312. The summed E-state index contributed by atoms with van der Waals surface area (Å²) in [7, 11) is 3.49. The van der Waals surface area contributed by atoms with Crippen LogP contribution in [0.1, 0.15) is 23.5 Å². The van der Waals surface area contributed by atoms with Gasteiger partial charge in [0.05, 0.1) is 12.1 Å². The van der Waals surface area contributed by atoms with E-state index in [1.165, 1.54) is 12.1 Å². The van der Waals surface area contributed by atoms with Gasteiger partial charge in [-0.2, -0.15) is 5.10 Å². The molecule has 0 saturated heterocycles. The number of anilines is 1. The molecule has 0 radical (unpaired) electrons. The molecule has 7 heteroatoms. The van der Waals surface area contributed by atoms with Crippen molar-refractivity contribution in [1.82, 2.24) is 14.7 Å². The Labute approximate surface area is 132 Å². The number of halogens is 1. The van der Waals surface area contributed by atoms with Gasteiger partial charge in [0.1, 0.15) is 5.82 Å². The number of carbonyl (C=O) groups excluding carboxylic acids is 2. The molecule has 120 valence electrons. The van der Waals surface area contributed by atoms with Gasteiger partial charge < -0.3 is 10.2 Å². The number of aryl methyl sites for hydroxylation is 1. The number of likely N-dealkylation sites (N-methyl/N-ethyl adjacent to an activating group) is 1. The Balaban J connectivity index is 1.83. The second-order valence-corrected chi connectivity index (χ2v) is 5.75. The van der Waals surface area contributed by atoms with Gasteiger partial charge in [0.2, 0.25) is 11.8 Å². The largest absolute Gasteiger partial charge is 0.341 e. The predicted molar refractivity (Wildman–Crippen MR) is 82.1 cm³/mol. The van der Waals surface area contributed by atoms with Crippen LogP contribution in [0.2, 0.25) is 0 Å². The molecule has 2 amide bonds. The van der Waals surface area contributed by atoms with Crippen molar-refractivity contribution in [3.05, 3.63) is 47.5 Å². The molecular formula is C16H17FN4O2. The van der Waals surface area contributed by atoms with E-state index < -0.39 is 11.7 Å². The zero-order chi connectivity index (χ0) is 16.6. The van der Waals surface area contributed by atoms with Crippen molar-refractivity contribution in [2.75, 3.05) is 12.4 Å². The SMILES string of the molecule is CN(Cc1cnn(C)c1)C(=O)[C@@H]1CC(=O)Nc2cc(F)ccc21. The van der Waals surface area contributed by atoms with Gasteiger partial charge in [-0.3, -0.25) is 14.3 Å². The molecule has 23 heavy (non-hydrogen) atoms. The van der Waals surface area contributed by atoms with Crippen molar-refractivity contribution in [2.24, 2.45) is 7.05 Å². The zero-order valence-electron chi connectivity index (χ0n) is 12.9. The molecule has 1 N–H and O–H groups in total. The van der Waals surface area contributed by atoms with Crippen LogP contribution in [-0.4, -0.2) is 33.5 Å². The molecule has 0 spiro atoms. The van der Waals surface area contributed by atoms with E-state index in [0.717, 1.165) is 5.56 Å². The summed E-state index contributed by atoms with van der Waals surface area (Å²) < 4.78 is 15.0. The normalized spacial score (nSPS) is 16.7. The number of hydrogen-bond acceptors (Lipinski definition) is 3. The Morgan fingerprint density at radius 1 is 1.52 bits per heavy atom. The van der Waals surface area contributed by atoms with E-state index in [-0.39, 0.29) is 18.2 Å². The number of fused-ring (bicyclic) bond motifs is 1. The van der Waals surface area contributed by atoms with Crippen molar-refractivity contribution in [3.63, 3.8) is 0 Å². The van der Waals surface area contributed by atoms with Gasteiger partial charge in [0.25, 0.3) is 0 Å². The van der Waals surface area contributed by atoms with Crippen LogP contribution in [0, 0.1) is 5.82 Å². The van der Waals surface area contributed by atoms with Crippen molar-refractivity contribution in [1.29, 1.82) is 0 Å². The van der Waals surface area contributed by atoms with Crippen molar-refractivity contribution < 1.29 is 14.0 Å². The molecule has 0 unspecified atom stereocenters. The Morgan fingerprint density at radius 2 is 2.30 bits per heavy atom. The third-order valence-electron chi connectivity index (χ3n) is 3.91. The second kappa shape index (κ2) is 5.83. The molecule has 1 aromatic carbocycles. The smallest absolute Gasteiger partial charge is 0.230 e. The van der Waals surface area contributed by atoms with Gasteiger partial charge in [0.15, 0.2) is 0 Å². The number of rotatable bonds is 3.